The molecule has 0 atom stereocenters. The maximum Gasteiger partial charge on any atom is 0.188 e. The molecule has 112 valence electrons. The van der Waals surface area contributed by atoms with Crippen molar-refractivity contribution in [2.45, 2.75) is 10.6 Å². The van der Waals surface area contributed by atoms with Crippen molar-refractivity contribution in [3.63, 3.8) is 0 Å². The molecule has 0 heterocycles. The fraction of sp³-hybridized carbons (Fsp3) is 0.0769. The Balaban J connectivity index is 2.51. The minimum absolute atomic E-state index is 0.0905. The lowest BCUT2D eigenvalue weighted by Gasteiger charge is -2.09. The molecule has 2 aromatic rings. The Bertz CT molecular complexity index is 786. The van der Waals surface area contributed by atoms with Crippen molar-refractivity contribution in [3.05, 3.63) is 58.4 Å². The number of benzene rings is 2. The minimum atomic E-state index is -4.39. The third kappa shape index (κ3) is 3.14. The predicted molar refractivity (Wildman–Crippen MR) is 73.1 cm³/mol. The highest BCUT2D eigenvalue weighted by Gasteiger charge is 2.26. The molecule has 2 aromatic carbocycles. The Morgan fingerprint density at radius 2 is 1.62 bits per heavy atom. The molecule has 0 aliphatic carbocycles. The van der Waals surface area contributed by atoms with E-state index in [1.165, 1.54) is 12.1 Å². The second-order valence-electron chi connectivity index (χ2n) is 4.29. The summed E-state index contributed by atoms with van der Waals surface area (Å²) in [6.45, 7) is 0. The van der Waals surface area contributed by atoms with Crippen molar-refractivity contribution in [2.75, 3.05) is 5.73 Å². The third-order valence-electron chi connectivity index (χ3n) is 2.71. The molecule has 0 amide bonds. The average molecular weight is 336 g/mol. The van der Waals surface area contributed by atoms with Crippen LogP contribution in [0.15, 0.2) is 35.2 Å². The van der Waals surface area contributed by atoms with Gasteiger partial charge >= 0.3 is 0 Å². The molecule has 0 saturated carbocycles. The maximum absolute atomic E-state index is 13.7. The third-order valence-corrected chi connectivity index (χ3v) is 4.84. The van der Waals surface area contributed by atoms with Crippen LogP contribution in [0.2, 0.25) is 5.02 Å². The smallest absolute Gasteiger partial charge is 0.188 e. The Labute approximate surface area is 124 Å². The molecule has 0 unspecified atom stereocenters. The summed E-state index contributed by atoms with van der Waals surface area (Å²) in [4.78, 5) is -1.11. The first-order valence-corrected chi connectivity index (χ1v) is 7.65. The quantitative estimate of drug-likeness (QED) is 0.875. The van der Waals surface area contributed by atoms with Gasteiger partial charge in [-0.25, -0.2) is 21.6 Å². The fourth-order valence-corrected chi connectivity index (χ4v) is 3.59. The van der Waals surface area contributed by atoms with Gasteiger partial charge in [0.25, 0.3) is 0 Å². The van der Waals surface area contributed by atoms with E-state index >= 15 is 0 Å². The first-order valence-electron chi connectivity index (χ1n) is 5.62. The standard InChI is InChI=1S/C13H9ClF3NO2S/c14-12-7(2-1-3-9(12)15)6-21(19,20)13-10(16)4-8(18)5-11(13)17/h1-5H,6,18H2. The maximum atomic E-state index is 13.7. The molecule has 2 N–H and O–H groups in total. The van der Waals surface area contributed by atoms with Gasteiger partial charge in [0.1, 0.15) is 22.3 Å². The van der Waals surface area contributed by atoms with Crippen LogP contribution in [0.4, 0.5) is 18.9 Å². The van der Waals surface area contributed by atoms with Crippen molar-refractivity contribution >= 4 is 27.1 Å². The van der Waals surface area contributed by atoms with Crippen molar-refractivity contribution in [3.8, 4) is 0 Å². The Kier molecular flexibility index (Phi) is 4.15. The van der Waals surface area contributed by atoms with Gasteiger partial charge < -0.3 is 5.73 Å². The van der Waals surface area contributed by atoms with Crippen molar-refractivity contribution in [1.29, 1.82) is 0 Å². The summed E-state index contributed by atoms with van der Waals surface area (Å²) in [6, 6.07) is 4.95. The average Bonchev–Trinajstić information content (AvgIpc) is 2.33. The number of hydrogen-bond donors (Lipinski definition) is 1. The summed E-state index contributed by atoms with van der Waals surface area (Å²) in [6.07, 6.45) is 0. The van der Waals surface area contributed by atoms with E-state index in [0.717, 1.165) is 6.07 Å². The van der Waals surface area contributed by atoms with E-state index in [-0.39, 0.29) is 11.3 Å². The Morgan fingerprint density at radius 1 is 1.05 bits per heavy atom. The normalized spacial score (nSPS) is 11.6. The highest BCUT2D eigenvalue weighted by Crippen LogP contribution is 2.28. The lowest BCUT2D eigenvalue weighted by Crippen LogP contribution is -2.11. The van der Waals surface area contributed by atoms with E-state index in [2.05, 4.69) is 0 Å². The van der Waals surface area contributed by atoms with E-state index in [9.17, 15) is 21.6 Å². The molecular formula is C13H9ClF3NO2S. The molecule has 0 aromatic heterocycles. The number of halogens is 4. The SMILES string of the molecule is Nc1cc(F)c(S(=O)(=O)Cc2cccc(F)c2Cl)c(F)c1. The topological polar surface area (TPSA) is 60.2 Å². The number of anilines is 1. The Hall–Kier alpha value is -1.73. The number of sulfone groups is 1. The first-order chi connectivity index (χ1) is 9.72. The fourth-order valence-electron chi connectivity index (χ4n) is 1.81. The van der Waals surface area contributed by atoms with Crippen LogP contribution in [-0.2, 0) is 15.6 Å². The van der Waals surface area contributed by atoms with E-state index < -0.39 is 43.0 Å². The van der Waals surface area contributed by atoms with Gasteiger partial charge in [-0.2, -0.15) is 0 Å². The summed E-state index contributed by atoms with van der Waals surface area (Å²) in [5.41, 5.74) is 4.89. The van der Waals surface area contributed by atoms with Crippen molar-refractivity contribution in [1.82, 2.24) is 0 Å². The molecule has 0 radical (unpaired) electrons. The summed E-state index contributed by atoms with van der Waals surface area (Å²) in [5, 5.41) is -0.405. The molecule has 0 aliphatic heterocycles. The van der Waals surface area contributed by atoms with Gasteiger partial charge in [-0.15, -0.1) is 0 Å². The second kappa shape index (κ2) is 5.57. The van der Waals surface area contributed by atoms with Gasteiger partial charge in [0.05, 0.1) is 10.8 Å². The molecule has 0 bridgehead atoms. The van der Waals surface area contributed by atoms with E-state index in [1.54, 1.807) is 0 Å². The van der Waals surface area contributed by atoms with Crippen LogP contribution in [0, 0.1) is 17.5 Å². The van der Waals surface area contributed by atoms with Crippen LogP contribution in [0.25, 0.3) is 0 Å². The van der Waals surface area contributed by atoms with Crippen molar-refractivity contribution in [2.24, 2.45) is 0 Å². The molecule has 3 nitrogen and oxygen atoms in total. The zero-order valence-corrected chi connectivity index (χ0v) is 12.0. The van der Waals surface area contributed by atoms with Gasteiger partial charge in [0, 0.05) is 5.69 Å². The summed E-state index contributed by atoms with van der Waals surface area (Å²) < 4.78 is 64.9. The van der Waals surface area contributed by atoms with Crippen LogP contribution in [0.1, 0.15) is 5.56 Å². The van der Waals surface area contributed by atoms with Gasteiger partial charge in [-0.3, -0.25) is 0 Å². The lowest BCUT2D eigenvalue weighted by molar-refractivity contribution is 0.520. The van der Waals surface area contributed by atoms with Gasteiger partial charge in [0.2, 0.25) is 0 Å². The predicted octanol–water partition coefficient (Wildman–Crippen LogP) is 3.31. The van der Waals surface area contributed by atoms with Crippen molar-refractivity contribution < 1.29 is 21.6 Å². The molecule has 0 spiro atoms. The lowest BCUT2D eigenvalue weighted by atomic mass is 10.2. The van der Waals surface area contributed by atoms with Gasteiger partial charge in [-0.05, 0) is 23.8 Å². The summed E-state index contributed by atoms with van der Waals surface area (Å²) in [7, 11) is -4.39. The molecule has 8 heteroatoms. The van der Waals surface area contributed by atoms with E-state index in [4.69, 9.17) is 17.3 Å². The number of hydrogen-bond acceptors (Lipinski definition) is 3. The largest absolute Gasteiger partial charge is 0.399 e. The Morgan fingerprint density at radius 3 is 2.19 bits per heavy atom. The molecule has 0 aliphatic rings. The van der Waals surface area contributed by atoms with Crippen LogP contribution in [-0.4, -0.2) is 8.42 Å². The summed E-state index contributed by atoms with van der Waals surface area (Å²) in [5.74, 6) is -4.26. The molecule has 21 heavy (non-hydrogen) atoms. The molecular weight excluding hydrogens is 327 g/mol. The van der Waals surface area contributed by atoms with Gasteiger partial charge in [-0.1, -0.05) is 23.7 Å². The van der Waals surface area contributed by atoms with Gasteiger partial charge in [0.15, 0.2) is 9.84 Å². The monoisotopic (exact) mass is 335 g/mol. The van der Waals surface area contributed by atoms with E-state index in [0.29, 0.717) is 12.1 Å². The zero-order valence-electron chi connectivity index (χ0n) is 10.4. The van der Waals surface area contributed by atoms with Crippen LogP contribution in [0.5, 0.6) is 0 Å². The first kappa shape index (κ1) is 15.7. The van der Waals surface area contributed by atoms with Crippen LogP contribution >= 0.6 is 11.6 Å². The minimum Gasteiger partial charge on any atom is -0.399 e. The second-order valence-corrected chi connectivity index (χ2v) is 6.59. The zero-order chi connectivity index (χ0) is 15.8. The molecule has 0 saturated heterocycles. The highest BCUT2D eigenvalue weighted by molar-refractivity contribution is 7.90. The number of nitrogens with two attached hydrogens (primary N) is 1. The van der Waals surface area contributed by atoms with Crippen LogP contribution in [0.3, 0.4) is 0 Å². The van der Waals surface area contributed by atoms with E-state index in [1.807, 2.05) is 0 Å². The number of nitrogen functional groups attached to an aromatic ring is 1. The van der Waals surface area contributed by atoms with Crippen LogP contribution < -0.4 is 5.73 Å². The number of rotatable bonds is 3. The highest BCUT2D eigenvalue weighted by atomic mass is 35.5. The summed E-state index contributed by atoms with van der Waals surface area (Å²) >= 11 is 5.64. The molecule has 0 fully saturated rings. The molecule has 2 rings (SSSR count).